The average Bonchev–Trinajstić information content (AvgIpc) is 3.07. The number of nitrogen functional groups attached to an aromatic ring is 1. The first-order valence-corrected chi connectivity index (χ1v) is 6.73. The Morgan fingerprint density at radius 2 is 2.19 bits per heavy atom. The van der Waals surface area contributed by atoms with E-state index in [1.54, 1.807) is 12.3 Å². The third-order valence-corrected chi connectivity index (χ3v) is 3.75. The monoisotopic (exact) mass is 303 g/mol. The number of nitrogens with zero attached hydrogens (tertiary/aromatic N) is 4. The fourth-order valence-electron chi connectivity index (χ4n) is 1.81. The van der Waals surface area contributed by atoms with Crippen molar-refractivity contribution in [2.45, 2.75) is 6.92 Å². The third kappa shape index (κ3) is 2.34. The maximum atomic E-state index is 10.8. The van der Waals surface area contributed by atoms with Crippen LogP contribution < -0.4 is 5.73 Å². The molecular weight excluding hydrogens is 294 g/mol. The second-order valence-electron chi connectivity index (χ2n) is 4.26. The Kier molecular flexibility index (Phi) is 3.10. The molecule has 3 aromatic rings. The van der Waals surface area contributed by atoms with E-state index in [9.17, 15) is 10.1 Å². The normalized spacial score (nSPS) is 10.7. The molecule has 0 unspecified atom stereocenters. The van der Waals surface area contributed by atoms with Gasteiger partial charge in [0, 0.05) is 28.8 Å². The van der Waals surface area contributed by atoms with E-state index >= 15 is 0 Å². The second kappa shape index (κ2) is 4.94. The molecule has 0 aliphatic carbocycles. The summed E-state index contributed by atoms with van der Waals surface area (Å²) in [7, 11) is 0. The number of nitro benzene ring substituents is 1. The maximum absolute atomic E-state index is 10.8. The standard InChI is InChI=1S/C12H9N5O3S/c1-6-11(16-20-15-6)10-5-21-12(14-10)8-4-7(17(18)19)2-3-9(8)13/h2-5H,13H2,1H3. The lowest BCUT2D eigenvalue weighted by Gasteiger charge is -2.01. The Bertz CT molecular complexity index is 826. The van der Waals surface area contributed by atoms with Crippen LogP contribution in [0.1, 0.15) is 5.69 Å². The van der Waals surface area contributed by atoms with Gasteiger partial charge >= 0.3 is 0 Å². The molecule has 0 atom stereocenters. The molecule has 0 saturated heterocycles. The van der Waals surface area contributed by atoms with Gasteiger partial charge < -0.3 is 5.73 Å². The highest BCUT2D eigenvalue weighted by molar-refractivity contribution is 7.13. The second-order valence-corrected chi connectivity index (χ2v) is 5.12. The number of nitrogens with two attached hydrogens (primary N) is 1. The van der Waals surface area contributed by atoms with E-state index in [1.807, 2.05) is 0 Å². The lowest BCUT2D eigenvalue weighted by molar-refractivity contribution is -0.384. The quantitative estimate of drug-likeness (QED) is 0.448. The molecule has 2 N–H and O–H groups in total. The molecule has 0 aliphatic heterocycles. The number of thiazole rings is 1. The zero-order valence-corrected chi connectivity index (χ0v) is 11.6. The van der Waals surface area contributed by atoms with Crippen molar-refractivity contribution < 1.29 is 9.55 Å². The van der Waals surface area contributed by atoms with Crippen LogP contribution in [0.5, 0.6) is 0 Å². The highest BCUT2D eigenvalue weighted by atomic mass is 32.1. The average molecular weight is 303 g/mol. The number of hydrogen-bond acceptors (Lipinski definition) is 8. The molecule has 0 fully saturated rings. The molecule has 0 radical (unpaired) electrons. The topological polar surface area (TPSA) is 121 Å². The van der Waals surface area contributed by atoms with Crippen molar-refractivity contribution in [1.82, 2.24) is 15.3 Å². The van der Waals surface area contributed by atoms with Gasteiger partial charge in [0.2, 0.25) is 0 Å². The van der Waals surface area contributed by atoms with Crippen molar-refractivity contribution in [3.05, 3.63) is 39.4 Å². The number of non-ortho nitro benzene ring substituents is 1. The van der Waals surface area contributed by atoms with Gasteiger partial charge in [0.05, 0.1) is 4.92 Å². The maximum Gasteiger partial charge on any atom is 0.270 e. The summed E-state index contributed by atoms with van der Waals surface area (Å²) in [6.07, 6.45) is 0. The molecule has 0 aliphatic rings. The smallest absolute Gasteiger partial charge is 0.270 e. The summed E-state index contributed by atoms with van der Waals surface area (Å²) in [5.74, 6) is 0. The minimum Gasteiger partial charge on any atom is -0.398 e. The van der Waals surface area contributed by atoms with E-state index in [-0.39, 0.29) is 5.69 Å². The first kappa shape index (κ1) is 13.2. The number of aryl methyl sites for hydroxylation is 1. The third-order valence-electron chi connectivity index (χ3n) is 2.88. The minimum absolute atomic E-state index is 0.0322. The van der Waals surface area contributed by atoms with Gasteiger partial charge in [-0.3, -0.25) is 10.1 Å². The summed E-state index contributed by atoms with van der Waals surface area (Å²) in [6, 6.07) is 4.27. The van der Waals surface area contributed by atoms with Gasteiger partial charge in [0.1, 0.15) is 16.4 Å². The fraction of sp³-hybridized carbons (Fsp3) is 0.0833. The van der Waals surface area contributed by atoms with Crippen molar-refractivity contribution >= 4 is 22.7 Å². The fourth-order valence-corrected chi connectivity index (χ4v) is 2.66. The Balaban J connectivity index is 2.06. The van der Waals surface area contributed by atoms with Crippen LogP contribution in [0.4, 0.5) is 11.4 Å². The Morgan fingerprint density at radius 3 is 2.86 bits per heavy atom. The Labute approximate surface area is 122 Å². The van der Waals surface area contributed by atoms with Crippen LogP contribution in [0.3, 0.4) is 0 Å². The van der Waals surface area contributed by atoms with Crippen molar-refractivity contribution in [3.8, 4) is 22.0 Å². The lowest BCUT2D eigenvalue weighted by atomic mass is 10.1. The number of hydrogen-bond donors (Lipinski definition) is 1. The lowest BCUT2D eigenvalue weighted by Crippen LogP contribution is -1.93. The number of nitro groups is 1. The molecule has 2 heterocycles. The van der Waals surface area contributed by atoms with E-state index in [2.05, 4.69) is 19.9 Å². The van der Waals surface area contributed by atoms with Crippen LogP contribution in [0.25, 0.3) is 22.0 Å². The molecule has 3 rings (SSSR count). The van der Waals surface area contributed by atoms with E-state index in [0.717, 1.165) is 0 Å². The van der Waals surface area contributed by atoms with Gasteiger partial charge in [-0.05, 0) is 18.1 Å². The van der Waals surface area contributed by atoms with Gasteiger partial charge in [0.25, 0.3) is 5.69 Å². The molecule has 9 heteroatoms. The van der Waals surface area contributed by atoms with Gasteiger partial charge in [-0.2, -0.15) is 0 Å². The predicted molar refractivity (Wildman–Crippen MR) is 76.6 cm³/mol. The zero-order valence-electron chi connectivity index (χ0n) is 10.8. The molecule has 0 spiro atoms. The van der Waals surface area contributed by atoms with Crippen LogP contribution in [-0.2, 0) is 0 Å². The summed E-state index contributed by atoms with van der Waals surface area (Å²) in [6.45, 7) is 1.76. The first-order chi connectivity index (χ1) is 10.1. The highest BCUT2D eigenvalue weighted by Crippen LogP contribution is 2.34. The molecule has 0 amide bonds. The molecule has 21 heavy (non-hydrogen) atoms. The predicted octanol–water partition coefficient (Wildman–Crippen LogP) is 2.66. The van der Waals surface area contributed by atoms with Gasteiger partial charge in [-0.1, -0.05) is 5.16 Å². The molecule has 1 aromatic carbocycles. The van der Waals surface area contributed by atoms with Crippen molar-refractivity contribution in [2.24, 2.45) is 0 Å². The Hall–Kier alpha value is -2.81. The molecule has 8 nitrogen and oxygen atoms in total. The summed E-state index contributed by atoms with van der Waals surface area (Å²) >= 11 is 1.32. The molecule has 2 aromatic heterocycles. The van der Waals surface area contributed by atoms with E-state index in [0.29, 0.717) is 33.3 Å². The van der Waals surface area contributed by atoms with Crippen LogP contribution in [0.2, 0.25) is 0 Å². The van der Waals surface area contributed by atoms with Gasteiger partial charge in [-0.25, -0.2) is 9.61 Å². The van der Waals surface area contributed by atoms with Gasteiger partial charge in [0.15, 0.2) is 5.69 Å². The molecule has 0 saturated carbocycles. The summed E-state index contributed by atoms with van der Waals surface area (Å²) in [5.41, 5.74) is 8.56. The van der Waals surface area contributed by atoms with Crippen molar-refractivity contribution in [2.75, 3.05) is 5.73 Å². The van der Waals surface area contributed by atoms with Crippen LogP contribution in [-0.4, -0.2) is 20.2 Å². The first-order valence-electron chi connectivity index (χ1n) is 5.85. The van der Waals surface area contributed by atoms with Crippen LogP contribution in [0.15, 0.2) is 28.2 Å². The number of aromatic nitrogens is 3. The highest BCUT2D eigenvalue weighted by Gasteiger charge is 2.16. The summed E-state index contributed by atoms with van der Waals surface area (Å²) < 4.78 is 4.64. The van der Waals surface area contributed by atoms with Crippen LogP contribution >= 0.6 is 11.3 Å². The number of rotatable bonds is 3. The number of benzene rings is 1. The number of anilines is 1. The van der Waals surface area contributed by atoms with E-state index in [1.165, 1.54) is 29.5 Å². The van der Waals surface area contributed by atoms with Crippen molar-refractivity contribution in [3.63, 3.8) is 0 Å². The molecule has 106 valence electrons. The summed E-state index contributed by atoms with van der Waals surface area (Å²) in [4.78, 5) is 14.8. The molecular formula is C12H9N5O3S. The van der Waals surface area contributed by atoms with Gasteiger partial charge in [-0.15, -0.1) is 11.3 Å². The molecule has 0 bridgehead atoms. The largest absolute Gasteiger partial charge is 0.398 e. The van der Waals surface area contributed by atoms with E-state index < -0.39 is 4.92 Å². The summed E-state index contributed by atoms with van der Waals surface area (Å²) in [5, 5.41) is 20.7. The Morgan fingerprint density at radius 1 is 1.38 bits per heavy atom. The van der Waals surface area contributed by atoms with Crippen LogP contribution in [0, 0.1) is 17.0 Å². The zero-order chi connectivity index (χ0) is 15.0. The van der Waals surface area contributed by atoms with E-state index in [4.69, 9.17) is 5.73 Å². The minimum atomic E-state index is -0.469. The van der Waals surface area contributed by atoms with Crippen molar-refractivity contribution in [1.29, 1.82) is 0 Å². The SMILES string of the molecule is Cc1nonc1-c1csc(-c2cc([N+](=O)[O-])ccc2N)n1.